The third kappa shape index (κ3) is 4.42. The molecule has 0 aromatic heterocycles. The zero-order chi connectivity index (χ0) is 14.4. The zero-order valence-electron chi connectivity index (χ0n) is 11.8. The summed E-state index contributed by atoms with van der Waals surface area (Å²) in [7, 11) is 0. The summed E-state index contributed by atoms with van der Waals surface area (Å²) < 4.78 is 11.4. The summed E-state index contributed by atoms with van der Waals surface area (Å²) in [6, 6.07) is 7.68. The summed E-state index contributed by atoms with van der Waals surface area (Å²) in [5, 5.41) is 3.35. The van der Waals surface area contributed by atoms with Gasteiger partial charge in [0.2, 0.25) is 5.91 Å². The monoisotopic (exact) mass is 278 g/mol. The maximum atomic E-state index is 10.7. The van der Waals surface area contributed by atoms with Crippen LogP contribution in [0.3, 0.4) is 0 Å². The molecular formula is C15H22N2O3. The van der Waals surface area contributed by atoms with Gasteiger partial charge in [-0.3, -0.25) is 4.79 Å². The zero-order valence-corrected chi connectivity index (χ0v) is 11.8. The van der Waals surface area contributed by atoms with Crippen molar-refractivity contribution < 1.29 is 14.3 Å². The molecule has 1 heterocycles. The number of ether oxygens (including phenoxy) is 2. The number of carbonyl (C=O) groups excluding carboxylic acids is 1. The van der Waals surface area contributed by atoms with Gasteiger partial charge in [-0.25, -0.2) is 0 Å². The third-order valence-corrected chi connectivity index (χ3v) is 3.33. The van der Waals surface area contributed by atoms with Crippen LogP contribution in [0.2, 0.25) is 0 Å². The second kappa shape index (κ2) is 7.14. The second-order valence-corrected chi connectivity index (χ2v) is 5.09. The minimum atomic E-state index is -0.358. The fourth-order valence-electron chi connectivity index (χ4n) is 2.26. The number of amides is 1. The number of nitrogens with one attached hydrogen (secondary N) is 1. The number of carbonyl (C=O) groups is 1. The molecule has 1 aliphatic rings. The molecule has 5 heteroatoms. The fraction of sp³-hybridized carbons (Fsp3) is 0.533. The molecule has 0 radical (unpaired) electrons. The van der Waals surface area contributed by atoms with E-state index >= 15 is 0 Å². The first-order valence-corrected chi connectivity index (χ1v) is 7.04. The first kappa shape index (κ1) is 14.7. The molecule has 0 saturated carbocycles. The summed E-state index contributed by atoms with van der Waals surface area (Å²) in [6.45, 7) is 3.16. The molecule has 1 amide bonds. The van der Waals surface area contributed by atoms with Gasteiger partial charge in [-0.2, -0.15) is 0 Å². The smallest absolute Gasteiger partial charge is 0.220 e. The van der Waals surface area contributed by atoms with Crippen LogP contribution in [0.4, 0.5) is 5.69 Å². The second-order valence-electron chi connectivity index (χ2n) is 5.09. The Bertz CT molecular complexity index is 450. The van der Waals surface area contributed by atoms with E-state index in [0.717, 1.165) is 30.8 Å². The van der Waals surface area contributed by atoms with Crippen molar-refractivity contribution in [2.45, 2.75) is 38.4 Å². The molecule has 1 saturated heterocycles. The summed E-state index contributed by atoms with van der Waals surface area (Å²) >= 11 is 0. The van der Waals surface area contributed by atoms with Crippen molar-refractivity contribution in [3.8, 4) is 5.75 Å². The molecule has 1 fully saturated rings. The van der Waals surface area contributed by atoms with Gasteiger partial charge < -0.3 is 20.5 Å². The summed E-state index contributed by atoms with van der Waals surface area (Å²) in [6.07, 6.45) is 3.02. The minimum Gasteiger partial charge on any atom is -0.491 e. The van der Waals surface area contributed by atoms with Gasteiger partial charge in [0.1, 0.15) is 5.75 Å². The normalized spacial score (nSPS) is 21.6. The predicted octanol–water partition coefficient (Wildman–Crippen LogP) is 1.92. The van der Waals surface area contributed by atoms with Gasteiger partial charge in [-0.1, -0.05) is 12.1 Å². The largest absolute Gasteiger partial charge is 0.491 e. The molecule has 0 aliphatic carbocycles. The van der Waals surface area contributed by atoms with Gasteiger partial charge in [0.25, 0.3) is 0 Å². The molecule has 2 atom stereocenters. The Labute approximate surface area is 119 Å². The summed E-state index contributed by atoms with van der Waals surface area (Å²) in [5.41, 5.74) is 6.01. The fourth-order valence-corrected chi connectivity index (χ4v) is 2.26. The van der Waals surface area contributed by atoms with Gasteiger partial charge in [-0.05, 0) is 31.9 Å². The van der Waals surface area contributed by atoms with Crippen LogP contribution in [-0.4, -0.2) is 31.3 Å². The molecule has 2 rings (SSSR count). The van der Waals surface area contributed by atoms with Gasteiger partial charge in [0, 0.05) is 6.54 Å². The maximum Gasteiger partial charge on any atom is 0.220 e. The average Bonchev–Trinajstić information content (AvgIpc) is 2.83. The van der Waals surface area contributed by atoms with Crippen LogP contribution >= 0.6 is 0 Å². The Morgan fingerprint density at radius 3 is 2.95 bits per heavy atom. The first-order chi connectivity index (χ1) is 9.65. The van der Waals surface area contributed by atoms with Gasteiger partial charge in [-0.15, -0.1) is 0 Å². The van der Waals surface area contributed by atoms with E-state index in [4.69, 9.17) is 15.2 Å². The van der Waals surface area contributed by atoms with Crippen molar-refractivity contribution in [3.05, 3.63) is 24.3 Å². The van der Waals surface area contributed by atoms with Crippen LogP contribution in [0, 0.1) is 0 Å². The van der Waals surface area contributed by atoms with Gasteiger partial charge in [0.15, 0.2) is 0 Å². The molecule has 2 unspecified atom stereocenters. The van der Waals surface area contributed by atoms with E-state index in [0.29, 0.717) is 12.7 Å². The first-order valence-electron chi connectivity index (χ1n) is 7.04. The molecule has 1 aromatic carbocycles. The van der Waals surface area contributed by atoms with Crippen molar-refractivity contribution in [1.82, 2.24) is 0 Å². The number of primary amides is 1. The van der Waals surface area contributed by atoms with E-state index in [1.165, 1.54) is 0 Å². The average molecular weight is 278 g/mol. The highest BCUT2D eigenvalue weighted by Crippen LogP contribution is 2.25. The number of rotatable bonds is 7. The molecule has 20 heavy (non-hydrogen) atoms. The Morgan fingerprint density at radius 2 is 2.25 bits per heavy atom. The Morgan fingerprint density at radius 1 is 1.45 bits per heavy atom. The van der Waals surface area contributed by atoms with Crippen LogP contribution in [0.1, 0.15) is 26.2 Å². The number of para-hydroxylation sites is 2. The lowest BCUT2D eigenvalue weighted by Crippen LogP contribution is -2.20. The van der Waals surface area contributed by atoms with Crippen LogP contribution in [-0.2, 0) is 9.53 Å². The molecule has 1 aliphatic heterocycles. The van der Waals surface area contributed by atoms with Crippen molar-refractivity contribution >= 4 is 11.6 Å². The Balaban J connectivity index is 1.85. The number of anilines is 1. The third-order valence-electron chi connectivity index (χ3n) is 3.33. The van der Waals surface area contributed by atoms with Crippen molar-refractivity contribution in [3.63, 3.8) is 0 Å². The van der Waals surface area contributed by atoms with Crippen LogP contribution in [0.15, 0.2) is 24.3 Å². The lowest BCUT2D eigenvalue weighted by molar-refractivity contribution is -0.118. The van der Waals surface area contributed by atoms with E-state index in [-0.39, 0.29) is 18.4 Å². The Kier molecular flexibility index (Phi) is 5.24. The number of benzene rings is 1. The predicted molar refractivity (Wildman–Crippen MR) is 77.8 cm³/mol. The topological polar surface area (TPSA) is 73.6 Å². The van der Waals surface area contributed by atoms with E-state index < -0.39 is 0 Å². The quantitative estimate of drug-likeness (QED) is 0.799. The van der Waals surface area contributed by atoms with Crippen molar-refractivity contribution in [1.29, 1.82) is 0 Å². The number of hydrogen-bond acceptors (Lipinski definition) is 4. The lowest BCUT2D eigenvalue weighted by atomic mass is 10.2. The summed E-state index contributed by atoms with van der Waals surface area (Å²) in [4.78, 5) is 10.7. The summed E-state index contributed by atoms with van der Waals surface area (Å²) in [5.74, 6) is 0.378. The lowest BCUT2D eigenvalue weighted by Gasteiger charge is -2.16. The molecule has 110 valence electrons. The maximum absolute atomic E-state index is 10.7. The SMILES string of the molecule is CC1CCC(CNc2ccccc2OCCC(N)=O)O1. The van der Waals surface area contributed by atoms with Crippen molar-refractivity contribution in [2.75, 3.05) is 18.5 Å². The Hall–Kier alpha value is -1.75. The molecule has 3 N–H and O–H groups in total. The molecule has 0 bridgehead atoms. The van der Waals surface area contributed by atoms with Gasteiger partial charge in [0.05, 0.1) is 30.9 Å². The highest BCUT2D eigenvalue weighted by molar-refractivity contribution is 5.73. The molecular weight excluding hydrogens is 256 g/mol. The molecule has 5 nitrogen and oxygen atoms in total. The number of nitrogens with two attached hydrogens (primary N) is 1. The van der Waals surface area contributed by atoms with Crippen LogP contribution < -0.4 is 15.8 Å². The molecule has 1 aromatic rings. The van der Waals surface area contributed by atoms with Crippen molar-refractivity contribution in [2.24, 2.45) is 5.73 Å². The van der Waals surface area contributed by atoms with Gasteiger partial charge >= 0.3 is 0 Å². The highest BCUT2D eigenvalue weighted by atomic mass is 16.5. The van der Waals surface area contributed by atoms with E-state index in [1.54, 1.807) is 0 Å². The molecule has 0 spiro atoms. The van der Waals surface area contributed by atoms with Crippen LogP contribution in [0.5, 0.6) is 5.75 Å². The van der Waals surface area contributed by atoms with E-state index in [9.17, 15) is 4.79 Å². The van der Waals surface area contributed by atoms with Crippen LogP contribution in [0.25, 0.3) is 0 Å². The van der Waals surface area contributed by atoms with E-state index in [2.05, 4.69) is 12.2 Å². The highest BCUT2D eigenvalue weighted by Gasteiger charge is 2.21. The standard InChI is InChI=1S/C15H22N2O3/c1-11-6-7-12(20-11)10-17-13-4-2-3-5-14(13)19-9-8-15(16)18/h2-5,11-12,17H,6-10H2,1H3,(H2,16,18). The number of hydrogen-bond donors (Lipinski definition) is 2. The minimum absolute atomic E-state index is 0.220. The van der Waals surface area contributed by atoms with E-state index in [1.807, 2.05) is 24.3 Å².